The van der Waals surface area contributed by atoms with Crippen LogP contribution in [0, 0.1) is 0 Å². The van der Waals surface area contributed by atoms with Crippen LogP contribution in [-0.2, 0) is 4.74 Å². The van der Waals surface area contributed by atoms with E-state index < -0.39 is 9.96 Å². The van der Waals surface area contributed by atoms with Gasteiger partial charge in [0, 0.05) is 14.0 Å². The highest BCUT2D eigenvalue weighted by Crippen LogP contribution is 2.37. The summed E-state index contributed by atoms with van der Waals surface area (Å²) in [4.78, 5) is 11.0. The van der Waals surface area contributed by atoms with Gasteiger partial charge in [-0.3, -0.25) is 0 Å². The van der Waals surface area contributed by atoms with E-state index in [1.54, 1.807) is 18.9 Å². The number of nitrogens with zero attached hydrogens (tertiary/aromatic N) is 4. The number of hydrogen-bond donors (Lipinski definition) is 0. The molecule has 0 radical (unpaired) electrons. The standard InChI is InChI=1S/C20H20Cl3N4OS/c1-14(28-3)24-18(20(21,22)23)26(2)19-25-17(15-10-6-4-7-11-15)27(29-19)16-12-8-5-9-13-16/h4-13,18H,1-3H3/q+1/b24-14-. The number of ether oxygens (including phenoxy) is 1. The monoisotopic (exact) mass is 469 g/mol. The molecule has 0 saturated carbocycles. The molecule has 5 nitrogen and oxygen atoms in total. The zero-order chi connectivity index (χ0) is 21.0. The lowest BCUT2D eigenvalue weighted by Gasteiger charge is -2.27. The SMILES string of the molecule is CO/C(C)=N\C(N(C)c1nc(-c2ccccc2)[n+](-c2ccccc2)s1)C(Cl)(Cl)Cl. The molecule has 0 fully saturated rings. The van der Waals surface area contributed by atoms with Gasteiger partial charge in [-0.25, -0.2) is 4.99 Å². The summed E-state index contributed by atoms with van der Waals surface area (Å²) in [5.74, 6) is 1.20. The Morgan fingerprint density at radius 3 is 2.24 bits per heavy atom. The molecule has 1 atom stereocenters. The van der Waals surface area contributed by atoms with Crippen molar-refractivity contribution in [2.75, 3.05) is 19.1 Å². The van der Waals surface area contributed by atoms with E-state index in [1.807, 2.05) is 64.6 Å². The Bertz CT molecular complexity index is 917. The molecule has 1 heterocycles. The van der Waals surface area contributed by atoms with Gasteiger partial charge < -0.3 is 9.64 Å². The molecule has 0 amide bonds. The fourth-order valence-electron chi connectivity index (χ4n) is 2.64. The number of alkyl halides is 3. The fourth-order valence-corrected chi connectivity index (χ4v) is 4.21. The van der Waals surface area contributed by atoms with Crippen LogP contribution in [0.15, 0.2) is 65.7 Å². The van der Waals surface area contributed by atoms with Crippen LogP contribution in [0.1, 0.15) is 6.92 Å². The lowest BCUT2D eigenvalue weighted by Crippen LogP contribution is -2.41. The van der Waals surface area contributed by atoms with Gasteiger partial charge in [0.25, 0.3) is 0 Å². The summed E-state index contributed by atoms with van der Waals surface area (Å²) in [5, 5.41) is 0.650. The fraction of sp³-hybridized carbons (Fsp3) is 0.250. The van der Waals surface area contributed by atoms with E-state index in [1.165, 1.54) is 18.6 Å². The second kappa shape index (κ2) is 9.30. The van der Waals surface area contributed by atoms with E-state index in [0.29, 0.717) is 11.0 Å². The van der Waals surface area contributed by atoms with E-state index >= 15 is 0 Å². The van der Waals surface area contributed by atoms with E-state index in [2.05, 4.69) is 4.99 Å². The molecule has 0 spiro atoms. The number of hydrogen-bond acceptors (Lipinski definition) is 5. The summed E-state index contributed by atoms with van der Waals surface area (Å²) < 4.78 is 5.52. The topological polar surface area (TPSA) is 41.6 Å². The third kappa shape index (κ3) is 5.20. The highest BCUT2D eigenvalue weighted by molar-refractivity contribution is 7.06. The van der Waals surface area contributed by atoms with Crippen molar-refractivity contribution in [3.8, 4) is 17.1 Å². The first-order valence-electron chi connectivity index (χ1n) is 8.73. The summed E-state index contributed by atoms with van der Waals surface area (Å²) in [6.45, 7) is 1.71. The predicted molar refractivity (Wildman–Crippen MR) is 122 cm³/mol. The summed E-state index contributed by atoms with van der Waals surface area (Å²) in [6, 6.07) is 19.9. The second-order valence-electron chi connectivity index (χ2n) is 6.18. The molecule has 0 aliphatic heterocycles. The van der Waals surface area contributed by atoms with Crippen LogP contribution in [0.25, 0.3) is 17.1 Å². The van der Waals surface area contributed by atoms with Gasteiger partial charge in [0.15, 0.2) is 12.1 Å². The summed E-state index contributed by atoms with van der Waals surface area (Å²) in [7, 11) is 3.32. The van der Waals surface area contributed by atoms with E-state index in [-0.39, 0.29) is 0 Å². The average Bonchev–Trinajstić information content (AvgIpc) is 3.17. The molecule has 3 aromatic rings. The van der Waals surface area contributed by atoms with Gasteiger partial charge in [-0.1, -0.05) is 71.2 Å². The van der Waals surface area contributed by atoms with Gasteiger partial charge in [0.2, 0.25) is 3.79 Å². The molecule has 0 aliphatic carbocycles. The zero-order valence-corrected chi connectivity index (χ0v) is 19.2. The number of rotatable bonds is 5. The molecule has 0 saturated heterocycles. The summed E-state index contributed by atoms with van der Waals surface area (Å²) in [5.41, 5.74) is 1.97. The number of anilines is 1. The van der Waals surface area contributed by atoms with Crippen molar-refractivity contribution >= 4 is 57.4 Å². The molecule has 3 rings (SSSR count). The van der Waals surface area contributed by atoms with Crippen molar-refractivity contribution in [3.63, 3.8) is 0 Å². The van der Waals surface area contributed by atoms with Crippen LogP contribution in [-0.4, -0.2) is 35.0 Å². The Hall–Kier alpha value is -1.86. The van der Waals surface area contributed by atoms with Crippen LogP contribution in [0.2, 0.25) is 0 Å². The van der Waals surface area contributed by atoms with Gasteiger partial charge in [-0.05, 0) is 29.2 Å². The number of para-hydroxylation sites is 1. The largest absolute Gasteiger partial charge is 0.484 e. The number of benzene rings is 2. The summed E-state index contributed by atoms with van der Waals surface area (Å²) in [6.07, 6.45) is -0.813. The molecule has 2 aromatic carbocycles. The first-order chi connectivity index (χ1) is 13.8. The lowest BCUT2D eigenvalue weighted by atomic mass is 10.2. The maximum atomic E-state index is 6.22. The second-order valence-corrected chi connectivity index (χ2v) is 9.47. The molecule has 0 aliphatic rings. The van der Waals surface area contributed by atoms with Crippen molar-refractivity contribution in [3.05, 3.63) is 60.7 Å². The minimum Gasteiger partial charge on any atom is -0.484 e. The van der Waals surface area contributed by atoms with E-state index in [9.17, 15) is 0 Å². The molecule has 152 valence electrons. The predicted octanol–water partition coefficient (Wildman–Crippen LogP) is 5.28. The van der Waals surface area contributed by atoms with Gasteiger partial charge >= 0.3 is 11.0 Å². The number of aromatic nitrogens is 2. The van der Waals surface area contributed by atoms with Crippen LogP contribution < -0.4 is 8.86 Å². The van der Waals surface area contributed by atoms with E-state index in [4.69, 9.17) is 44.5 Å². The maximum absolute atomic E-state index is 6.22. The molecule has 0 bridgehead atoms. The Kier molecular flexibility index (Phi) is 7.01. The molecule has 9 heteroatoms. The van der Waals surface area contributed by atoms with Crippen molar-refractivity contribution in [1.29, 1.82) is 0 Å². The Labute approximate surface area is 189 Å². The average molecular weight is 471 g/mol. The van der Waals surface area contributed by atoms with Gasteiger partial charge in [-0.15, -0.1) is 3.96 Å². The first-order valence-corrected chi connectivity index (χ1v) is 10.6. The van der Waals surface area contributed by atoms with Crippen LogP contribution in [0.4, 0.5) is 5.13 Å². The third-order valence-electron chi connectivity index (χ3n) is 4.15. The number of aliphatic imine (C=N–C) groups is 1. The first kappa shape index (κ1) is 21.8. The van der Waals surface area contributed by atoms with Gasteiger partial charge in [-0.2, -0.15) is 0 Å². The van der Waals surface area contributed by atoms with Crippen LogP contribution in [0.3, 0.4) is 0 Å². The highest BCUT2D eigenvalue weighted by Gasteiger charge is 2.40. The molecule has 1 unspecified atom stereocenters. The van der Waals surface area contributed by atoms with Crippen molar-refractivity contribution < 1.29 is 8.69 Å². The van der Waals surface area contributed by atoms with Crippen LogP contribution >= 0.6 is 46.3 Å². The van der Waals surface area contributed by atoms with Crippen molar-refractivity contribution in [2.45, 2.75) is 16.9 Å². The zero-order valence-electron chi connectivity index (χ0n) is 16.1. The van der Waals surface area contributed by atoms with Crippen molar-refractivity contribution in [1.82, 2.24) is 4.98 Å². The molecule has 29 heavy (non-hydrogen) atoms. The van der Waals surface area contributed by atoms with Crippen LogP contribution in [0.5, 0.6) is 0 Å². The van der Waals surface area contributed by atoms with Gasteiger partial charge in [0.1, 0.15) is 17.2 Å². The van der Waals surface area contributed by atoms with Gasteiger partial charge in [0.05, 0.1) is 12.7 Å². The van der Waals surface area contributed by atoms with Crippen molar-refractivity contribution in [2.24, 2.45) is 4.99 Å². The number of halogens is 3. The lowest BCUT2D eigenvalue weighted by molar-refractivity contribution is -0.509. The third-order valence-corrected chi connectivity index (χ3v) is 5.84. The smallest absolute Gasteiger partial charge is 0.350 e. The normalized spacial score (nSPS) is 13.2. The Morgan fingerprint density at radius 2 is 1.69 bits per heavy atom. The molecule has 1 aromatic heterocycles. The Balaban J connectivity index is 2.11. The molecule has 0 N–H and O–H groups in total. The highest BCUT2D eigenvalue weighted by atomic mass is 35.6. The maximum Gasteiger partial charge on any atom is 0.350 e. The summed E-state index contributed by atoms with van der Waals surface area (Å²) >= 11 is 20.1. The quantitative estimate of drug-likeness (QED) is 0.220. The minimum atomic E-state index is -1.68. The molecular formula is C20H20Cl3N4OS+. The Morgan fingerprint density at radius 1 is 1.10 bits per heavy atom. The minimum absolute atomic E-state index is 0.406. The van der Waals surface area contributed by atoms with E-state index in [0.717, 1.165) is 17.1 Å². The molecular weight excluding hydrogens is 451 g/mol. The number of methoxy groups -OCH3 is 1.